The summed E-state index contributed by atoms with van der Waals surface area (Å²) in [7, 11) is 1.53. The van der Waals surface area contributed by atoms with Crippen LogP contribution in [-0.2, 0) is 9.59 Å². The molecule has 1 amide bonds. The minimum Gasteiger partial charge on any atom is -0.507 e. The molecule has 1 atom stereocenters. The number of carbonyl (C=O) groups excluding carboxylic acids is 2. The predicted molar refractivity (Wildman–Crippen MR) is 138 cm³/mol. The van der Waals surface area contributed by atoms with Crippen LogP contribution in [0.2, 0.25) is 0 Å². The number of ether oxygens (including phenoxy) is 1. The number of halogens is 1. The Morgan fingerprint density at radius 3 is 2.39 bits per heavy atom. The average molecular weight is 503 g/mol. The van der Waals surface area contributed by atoms with E-state index in [1.54, 1.807) is 24.3 Å². The molecule has 0 saturated carbocycles. The fraction of sp³-hybridized carbons (Fsp3) is 0.179. The third kappa shape index (κ3) is 4.03. The zero-order valence-corrected chi connectivity index (χ0v) is 20.7. The average Bonchev–Trinajstić information content (AvgIpc) is 3.41. The van der Waals surface area contributed by atoms with Gasteiger partial charge in [0.15, 0.2) is 5.13 Å². The summed E-state index contributed by atoms with van der Waals surface area (Å²) in [4.78, 5) is 32.5. The first-order valence-corrected chi connectivity index (χ1v) is 12.2. The highest BCUT2D eigenvalue weighted by Crippen LogP contribution is 2.44. The quantitative estimate of drug-likeness (QED) is 0.200. The molecule has 182 valence electrons. The minimum atomic E-state index is -0.904. The molecule has 0 spiro atoms. The van der Waals surface area contributed by atoms with E-state index < -0.39 is 23.5 Å². The number of methoxy groups -OCH3 is 1. The number of benzene rings is 3. The molecule has 1 N–H and O–H groups in total. The van der Waals surface area contributed by atoms with Crippen molar-refractivity contribution in [3.05, 3.63) is 94.8 Å². The van der Waals surface area contributed by atoms with E-state index in [-0.39, 0.29) is 16.5 Å². The number of Topliss-reactive ketones (excluding diaryl/α,β-unsaturated/α-hetero) is 1. The molecule has 8 heteroatoms. The van der Waals surface area contributed by atoms with Crippen LogP contribution in [0.4, 0.5) is 9.52 Å². The molecule has 1 saturated heterocycles. The highest BCUT2D eigenvalue weighted by molar-refractivity contribution is 7.22. The predicted octanol–water partition coefficient (Wildman–Crippen LogP) is 6.19. The van der Waals surface area contributed by atoms with E-state index in [1.165, 1.54) is 30.2 Å². The van der Waals surface area contributed by atoms with Gasteiger partial charge in [-0.25, -0.2) is 9.37 Å². The summed E-state index contributed by atoms with van der Waals surface area (Å²) in [5.74, 6) is -1.43. The Bertz CT molecular complexity index is 1510. The van der Waals surface area contributed by atoms with Crippen LogP contribution in [0.3, 0.4) is 0 Å². The van der Waals surface area contributed by atoms with E-state index in [1.807, 2.05) is 24.3 Å². The van der Waals surface area contributed by atoms with Gasteiger partial charge in [0.25, 0.3) is 5.78 Å². The summed E-state index contributed by atoms with van der Waals surface area (Å²) < 4.78 is 19.5. The number of aliphatic hydroxyl groups is 1. The lowest BCUT2D eigenvalue weighted by Crippen LogP contribution is -2.29. The molecule has 1 aliphatic heterocycles. The smallest absolute Gasteiger partial charge is 0.301 e. The molecule has 1 fully saturated rings. The second-order valence-electron chi connectivity index (χ2n) is 8.83. The SMILES string of the molecule is COc1ccc(C(O)=C2C(=O)C(=O)N(c3nc4ccc(F)cc4s3)[C@@H]2c2ccc(C(C)C)cc2)cc1. The van der Waals surface area contributed by atoms with Gasteiger partial charge < -0.3 is 9.84 Å². The topological polar surface area (TPSA) is 79.7 Å². The maximum Gasteiger partial charge on any atom is 0.301 e. The summed E-state index contributed by atoms with van der Waals surface area (Å²) in [5.41, 5.74) is 2.61. The van der Waals surface area contributed by atoms with E-state index in [0.29, 0.717) is 33.0 Å². The molecule has 6 nitrogen and oxygen atoms in total. The van der Waals surface area contributed by atoms with E-state index in [0.717, 1.165) is 16.9 Å². The second kappa shape index (κ2) is 9.20. The van der Waals surface area contributed by atoms with E-state index in [2.05, 4.69) is 18.8 Å². The minimum absolute atomic E-state index is 0.0344. The molecular formula is C28H23FN2O4S. The van der Waals surface area contributed by atoms with Gasteiger partial charge in [0, 0.05) is 5.56 Å². The van der Waals surface area contributed by atoms with Crippen molar-refractivity contribution < 1.29 is 23.8 Å². The van der Waals surface area contributed by atoms with Gasteiger partial charge in [-0.2, -0.15) is 0 Å². The molecule has 1 aromatic heterocycles. The fourth-order valence-corrected chi connectivity index (χ4v) is 5.32. The third-order valence-corrected chi connectivity index (χ3v) is 7.29. The molecule has 0 bridgehead atoms. The van der Waals surface area contributed by atoms with Crippen LogP contribution < -0.4 is 9.64 Å². The Balaban J connectivity index is 1.70. The molecule has 36 heavy (non-hydrogen) atoms. The fourth-order valence-electron chi connectivity index (χ4n) is 4.30. The van der Waals surface area contributed by atoms with Gasteiger partial charge in [0.1, 0.15) is 17.3 Å². The number of fused-ring (bicyclic) bond motifs is 1. The number of anilines is 1. The monoisotopic (exact) mass is 502 g/mol. The lowest BCUT2D eigenvalue weighted by Gasteiger charge is -2.23. The summed E-state index contributed by atoms with van der Waals surface area (Å²) in [6.45, 7) is 4.15. The lowest BCUT2D eigenvalue weighted by molar-refractivity contribution is -0.132. The van der Waals surface area contributed by atoms with Crippen LogP contribution >= 0.6 is 11.3 Å². The maximum absolute atomic E-state index is 13.8. The van der Waals surface area contributed by atoms with E-state index in [4.69, 9.17) is 4.74 Å². The van der Waals surface area contributed by atoms with Gasteiger partial charge in [-0.1, -0.05) is 49.4 Å². The number of amides is 1. The first kappa shape index (κ1) is 23.7. The van der Waals surface area contributed by atoms with Gasteiger partial charge in [-0.05, 0) is 59.5 Å². The number of nitrogens with zero attached hydrogens (tertiary/aromatic N) is 2. The Kier molecular flexibility index (Phi) is 6.05. The zero-order chi connectivity index (χ0) is 25.6. The highest BCUT2D eigenvalue weighted by Gasteiger charge is 2.48. The van der Waals surface area contributed by atoms with Gasteiger partial charge >= 0.3 is 5.91 Å². The normalized spacial score (nSPS) is 17.4. The lowest BCUT2D eigenvalue weighted by atomic mass is 9.93. The van der Waals surface area contributed by atoms with Crippen LogP contribution in [0.5, 0.6) is 5.75 Å². The molecule has 0 aliphatic carbocycles. The van der Waals surface area contributed by atoms with Gasteiger partial charge in [0.05, 0.1) is 28.9 Å². The van der Waals surface area contributed by atoms with Crippen LogP contribution in [0, 0.1) is 5.82 Å². The summed E-state index contributed by atoms with van der Waals surface area (Å²) in [5, 5.41) is 11.5. The molecule has 0 unspecified atom stereocenters. The van der Waals surface area contributed by atoms with Crippen LogP contribution in [0.25, 0.3) is 16.0 Å². The van der Waals surface area contributed by atoms with Crippen molar-refractivity contribution in [2.75, 3.05) is 12.0 Å². The van der Waals surface area contributed by atoms with E-state index >= 15 is 0 Å². The van der Waals surface area contributed by atoms with Crippen molar-refractivity contribution in [3.8, 4) is 5.75 Å². The van der Waals surface area contributed by atoms with Crippen molar-refractivity contribution in [1.82, 2.24) is 4.98 Å². The molecule has 3 aromatic carbocycles. The maximum atomic E-state index is 13.8. The van der Waals surface area contributed by atoms with Crippen LogP contribution in [0.15, 0.2) is 72.3 Å². The molecule has 4 aromatic rings. The Hall–Kier alpha value is -4.04. The van der Waals surface area contributed by atoms with Crippen molar-refractivity contribution in [1.29, 1.82) is 0 Å². The number of hydrogen-bond donors (Lipinski definition) is 1. The number of carbonyl (C=O) groups is 2. The van der Waals surface area contributed by atoms with Gasteiger partial charge in [-0.15, -0.1) is 0 Å². The van der Waals surface area contributed by atoms with Crippen molar-refractivity contribution >= 4 is 44.1 Å². The zero-order valence-electron chi connectivity index (χ0n) is 19.9. The van der Waals surface area contributed by atoms with Crippen molar-refractivity contribution in [2.24, 2.45) is 0 Å². The summed E-state index contributed by atoms with van der Waals surface area (Å²) in [6, 6.07) is 17.5. The van der Waals surface area contributed by atoms with E-state index in [9.17, 15) is 19.1 Å². The Morgan fingerprint density at radius 1 is 1.06 bits per heavy atom. The molecular weight excluding hydrogens is 479 g/mol. The largest absolute Gasteiger partial charge is 0.507 e. The number of aromatic nitrogens is 1. The standard InChI is InChI=1S/C28H23FN2O4S/c1-15(2)16-4-6-17(7-5-16)24-23(25(32)18-8-11-20(35-3)12-9-18)26(33)27(34)31(24)28-30-21-13-10-19(29)14-22(21)36-28/h4-15,24,32H,1-3H3/t24-/m1/s1. The Morgan fingerprint density at radius 2 is 1.75 bits per heavy atom. The highest BCUT2D eigenvalue weighted by atomic mass is 32.1. The van der Waals surface area contributed by atoms with Crippen LogP contribution in [0.1, 0.15) is 42.5 Å². The summed E-state index contributed by atoms with van der Waals surface area (Å²) in [6.07, 6.45) is 0. The summed E-state index contributed by atoms with van der Waals surface area (Å²) >= 11 is 1.12. The number of thiazole rings is 1. The van der Waals surface area contributed by atoms with Crippen molar-refractivity contribution in [2.45, 2.75) is 25.8 Å². The number of rotatable bonds is 5. The van der Waals surface area contributed by atoms with Crippen molar-refractivity contribution in [3.63, 3.8) is 0 Å². The molecule has 1 aliphatic rings. The molecule has 2 heterocycles. The third-order valence-electron chi connectivity index (χ3n) is 6.27. The van der Waals surface area contributed by atoms with Crippen LogP contribution in [-0.4, -0.2) is 28.9 Å². The van der Waals surface area contributed by atoms with Gasteiger partial charge in [0.2, 0.25) is 0 Å². The first-order valence-electron chi connectivity index (χ1n) is 11.4. The molecule has 0 radical (unpaired) electrons. The first-order chi connectivity index (χ1) is 17.3. The Labute approximate surface area is 211 Å². The molecule has 5 rings (SSSR count). The number of aliphatic hydroxyl groups excluding tert-OH is 1. The number of ketones is 1. The second-order valence-corrected chi connectivity index (χ2v) is 9.84. The number of hydrogen-bond acceptors (Lipinski definition) is 6. The van der Waals surface area contributed by atoms with Gasteiger partial charge in [-0.3, -0.25) is 14.5 Å².